The van der Waals surface area contributed by atoms with Crippen molar-refractivity contribution in [3.05, 3.63) is 48.5 Å². The Kier molecular flexibility index (Phi) is 13.6. The van der Waals surface area contributed by atoms with Crippen LogP contribution in [0.1, 0.15) is 13.8 Å². The summed E-state index contributed by atoms with van der Waals surface area (Å²) in [6, 6.07) is 15.3. The van der Waals surface area contributed by atoms with Gasteiger partial charge in [0.2, 0.25) is 0 Å². The van der Waals surface area contributed by atoms with Crippen LogP contribution in [0.3, 0.4) is 0 Å². The molecule has 0 saturated carbocycles. The molecule has 0 unspecified atom stereocenters. The summed E-state index contributed by atoms with van der Waals surface area (Å²) >= 11 is 5.30. The first kappa shape index (κ1) is 24.2. The largest absolute Gasteiger partial charge is 0 e. The van der Waals surface area contributed by atoms with Crippen LogP contribution in [0.5, 0.6) is 11.5 Å². The van der Waals surface area contributed by atoms with E-state index in [0.29, 0.717) is 18.3 Å². The number of thiocarbonyl (C=S) groups is 1. The summed E-state index contributed by atoms with van der Waals surface area (Å²) in [5.74, 6) is 1.69. The molecular formula is C17H21KN2O2SZr. The molecule has 2 N–H and O–H groups in total. The zero-order chi connectivity index (χ0) is 15.8. The van der Waals surface area contributed by atoms with Crippen LogP contribution < -0.4 is 20.1 Å². The van der Waals surface area contributed by atoms with Gasteiger partial charge in [-0.25, -0.2) is 0 Å². The Hall–Kier alpha value is 0.249. The fraction of sp³-hybridized carbons (Fsp3) is 0.235. The van der Waals surface area contributed by atoms with E-state index < -0.39 is 0 Å². The van der Waals surface area contributed by atoms with E-state index in [2.05, 4.69) is 10.6 Å². The van der Waals surface area contributed by atoms with Crippen molar-refractivity contribution in [2.75, 3.05) is 23.8 Å². The van der Waals surface area contributed by atoms with Gasteiger partial charge in [0.25, 0.3) is 0 Å². The molecule has 122 valence electrons. The van der Waals surface area contributed by atoms with E-state index in [1.165, 1.54) is 0 Å². The number of benzene rings is 2. The molecule has 0 aliphatic heterocycles. The minimum Gasteiger partial charge on any atom is 0 e. The molecule has 2 aromatic carbocycles. The fourth-order valence-electron chi connectivity index (χ4n) is 1.90. The standard InChI is InChI=1S/C17H20N2O2S.K.Zr.H/c1-3-20-15-9-5-13(6-10-15)18-17(22)19-14-7-11-16(12-8-14)21-4-2;;;/h5-12H,3-4H2,1-2H3,(H2,18,19,22);;;. The van der Waals surface area contributed by atoms with Crippen molar-refractivity contribution < 1.29 is 35.7 Å². The first-order chi connectivity index (χ1) is 10.7. The molecule has 0 amide bonds. The third-order valence-corrected chi connectivity index (χ3v) is 3.05. The van der Waals surface area contributed by atoms with Crippen molar-refractivity contribution in [3.8, 4) is 11.5 Å². The predicted octanol–water partition coefficient (Wildman–Crippen LogP) is 3.64. The number of hydrogen-bond donors (Lipinski definition) is 2. The predicted molar refractivity (Wildman–Crippen MR) is 102 cm³/mol. The smallest absolute Gasteiger partial charge is 0 e. The van der Waals surface area contributed by atoms with Crippen LogP contribution in [0.2, 0.25) is 0 Å². The number of hydrogen-bond acceptors (Lipinski definition) is 3. The average molecular weight is 448 g/mol. The van der Waals surface area contributed by atoms with Crippen LogP contribution >= 0.6 is 12.2 Å². The molecule has 24 heavy (non-hydrogen) atoms. The number of anilines is 2. The maximum Gasteiger partial charge on any atom is 0 e. The number of nitrogens with one attached hydrogen (secondary N) is 2. The average Bonchev–Trinajstić information content (AvgIpc) is 2.52. The van der Waals surface area contributed by atoms with E-state index in [1.807, 2.05) is 62.4 Å². The Labute approximate surface area is 210 Å². The molecule has 4 nitrogen and oxygen atoms in total. The topological polar surface area (TPSA) is 42.5 Å². The summed E-state index contributed by atoms with van der Waals surface area (Å²) in [4.78, 5) is 0. The van der Waals surface area contributed by atoms with Gasteiger partial charge in [-0.15, -0.1) is 0 Å². The molecule has 0 radical (unpaired) electrons. The molecule has 0 atom stereocenters. The fourth-order valence-corrected chi connectivity index (χ4v) is 2.13. The van der Waals surface area contributed by atoms with Crippen LogP contribution in [-0.4, -0.2) is 69.7 Å². The third kappa shape index (κ3) is 8.56. The van der Waals surface area contributed by atoms with Crippen molar-refractivity contribution in [2.24, 2.45) is 0 Å². The first-order valence-electron chi connectivity index (χ1n) is 7.25. The second-order valence-corrected chi connectivity index (χ2v) is 4.90. The normalized spacial score (nSPS) is 9.08. The van der Waals surface area contributed by atoms with Crippen LogP contribution in [0.15, 0.2) is 48.5 Å². The van der Waals surface area contributed by atoms with E-state index in [4.69, 9.17) is 21.7 Å². The molecule has 0 spiro atoms. The molecule has 7 heteroatoms. The van der Waals surface area contributed by atoms with E-state index in [-0.39, 0.29) is 77.6 Å². The monoisotopic (exact) mass is 446 g/mol. The van der Waals surface area contributed by atoms with Gasteiger partial charge in [0.05, 0.1) is 13.2 Å². The van der Waals surface area contributed by atoms with E-state index in [1.54, 1.807) is 0 Å². The van der Waals surface area contributed by atoms with E-state index in [0.717, 1.165) is 22.9 Å². The molecule has 0 bridgehead atoms. The van der Waals surface area contributed by atoms with Crippen LogP contribution in [-0.2, 0) is 26.2 Å². The first-order valence-corrected chi connectivity index (χ1v) is 7.65. The Bertz CT molecular complexity index is 555. The molecule has 0 heterocycles. The zero-order valence-electron chi connectivity index (χ0n) is 13.3. The molecular weight excluding hydrogens is 427 g/mol. The Morgan fingerprint density at radius 3 is 1.42 bits per heavy atom. The summed E-state index contributed by atoms with van der Waals surface area (Å²) in [5.41, 5.74) is 1.82. The van der Waals surface area contributed by atoms with Gasteiger partial charge < -0.3 is 20.1 Å². The second-order valence-electron chi connectivity index (χ2n) is 4.49. The summed E-state index contributed by atoms with van der Waals surface area (Å²) < 4.78 is 10.8. The Morgan fingerprint density at radius 2 is 1.12 bits per heavy atom. The maximum absolute atomic E-state index is 5.40. The van der Waals surface area contributed by atoms with Gasteiger partial charge >= 0.3 is 51.4 Å². The number of rotatable bonds is 6. The summed E-state index contributed by atoms with van der Waals surface area (Å²) in [5, 5.41) is 6.80. The summed E-state index contributed by atoms with van der Waals surface area (Å²) in [7, 11) is 0. The molecule has 2 aromatic rings. The van der Waals surface area contributed by atoms with Gasteiger partial charge in [-0.1, -0.05) is 0 Å². The van der Waals surface area contributed by atoms with Crippen molar-refractivity contribution in [1.82, 2.24) is 0 Å². The van der Waals surface area contributed by atoms with Gasteiger partial charge in [0.1, 0.15) is 11.5 Å². The minimum absolute atomic E-state index is 0. The van der Waals surface area contributed by atoms with Crippen LogP contribution in [0, 0.1) is 0 Å². The Balaban J connectivity index is 0.00000264. The van der Waals surface area contributed by atoms with Gasteiger partial charge in [-0.05, 0) is 74.6 Å². The Morgan fingerprint density at radius 1 is 0.792 bits per heavy atom. The zero-order valence-corrected chi connectivity index (χ0v) is 16.5. The van der Waals surface area contributed by atoms with E-state index >= 15 is 0 Å². The maximum atomic E-state index is 5.40. The van der Waals surface area contributed by atoms with Gasteiger partial charge in [0, 0.05) is 37.6 Å². The second kappa shape index (κ2) is 13.5. The molecule has 0 aliphatic rings. The van der Waals surface area contributed by atoms with Crippen molar-refractivity contribution in [3.63, 3.8) is 0 Å². The van der Waals surface area contributed by atoms with Gasteiger partial charge in [-0.2, -0.15) is 0 Å². The van der Waals surface area contributed by atoms with Crippen LogP contribution in [0.4, 0.5) is 11.4 Å². The number of ether oxygens (including phenoxy) is 2. The SMILES string of the molecule is CCOc1ccc(NC(=S)Nc2ccc(OCC)cc2)cc1.[KH].[Zr]. The third-order valence-electron chi connectivity index (χ3n) is 2.85. The van der Waals surface area contributed by atoms with Gasteiger partial charge in [-0.3, -0.25) is 0 Å². The van der Waals surface area contributed by atoms with E-state index in [9.17, 15) is 0 Å². The van der Waals surface area contributed by atoms with Crippen LogP contribution in [0.25, 0.3) is 0 Å². The van der Waals surface area contributed by atoms with Gasteiger partial charge in [0.15, 0.2) is 5.11 Å². The summed E-state index contributed by atoms with van der Waals surface area (Å²) in [6.45, 7) is 5.24. The molecule has 2 rings (SSSR count). The molecule has 0 fully saturated rings. The quantitative estimate of drug-likeness (QED) is 0.523. The molecule has 0 saturated heterocycles. The van der Waals surface area contributed by atoms with Crippen molar-refractivity contribution >= 4 is 80.1 Å². The van der Waals surface area contributed by atoms with Crippen molar-refractivity contribution in [2.45, 2.75) is 13.8 Å². The molecule has 0 aromatic heterocycles. The van der Waals surface area contributed by atoms with Crippen molar-refractivity contribution in [1.29, 1.82) is 0 Å². The molecule has 0 aliphatic carbocycles. The summed E-state index contributed by atoms with van der Waals surface area (Å²) in [6.07, 6.45) is 0. The minimum atomic E-state index is 0.